The predicted molar refractivity (Wildman–Crippen MR) is 73.8 cm³/mol. The highest BCUT2D eigenvalue weighted by Crippen LogP contribution is 2.25. The van der Waals surface area contributed by atoms with Crippen molar-refractivity contribution < 1.29 is 19.4 Å². The van der Waals surface area contributed by atoms with E-state index in [0.29, 0.717) is 19.5 Å². The zero-order valence-electron chi connectivity index (χ0n) is 11.1. The largest absolute Gasteiger partial charge is 0.508 e. The number of benzene rings is 1. The smallest absolute Gasteiger partial charge is 0.310 e. The van der Waals surface area contributed by atoms with Gasteiger partial charge < -0.3 is 14.7 Å². The van der Waals surface area contributed by atoms with E-state index in [1.54, 1.807) is 4.90 Å². The van der Waals surface area contributed by atoms with Crippen LogP contribution in [0, 0.1) is 5.92 Å². The third-order valence-corrected chi connectivity index (χ3v) is 3.75. The zero-order chi connectivity index (χ0) is 14.7. The van der Waals surface area contributed by atoms with E-state index >= 15 is 0 Å². The van der Waals surface area contributed by atoms with Crippen molar-refractivity contribution in [3.8, 4) is 5.75 Å². The topological polar surface area (TPSA) is 66.8 Å². The number of hydrogen-bond donors (Lipinski definition) is 1. The van der Waals surface area contributed by atoms with Crippen molar-refractivity contribution in [2.45, 2.75) is 12.8 Å². The van der Waals surface area contributed by atoms with Crippen LogP contribution in [0.1, 0.15) is 23.2 Å². The molecule has 0 saturated carbocycles. The maximum Gasteiger partial charge on any atom is 0.310 e. The minimum Gasteiger partial charge on any atom is -0.508 e. The van der Waals surface area contributed by atoms with Gasteiger partial charge in [0.2, 0.25) is 0 Å². The highest BCUT2D eigenvalue weighted by molar-refractivity contribution is 6.33. The minimum atomic E-state index is -0.301. The summed E-state index contributed by atoms with van der Waals surface area (Å²) in [6, 6.07) is 4.24. The first-order chi connectivity index (χ1) is 9.52. The zero-order valence-corrected chi connectivity index (χ0v) is 11.9. The number of likely N-dealkylation sites (tertiary alicyclic amines) is 1. The molecule has 1 saturated heterocycles. The van der Waals surface area contributed by atoms with Gasteiger partial charge >= 0.3 is 5.97 Å². The maximum atomic E-state index is 12.4. The summed E-state index contributed by atoms with van der Waals surface area (Å²) >= 11 is 5.99. The number of phenols is 1. The average Bonchev–Trinajstić information content (AvgIpc) is 2.48. The fraction of sp³-hybridized carbons (Fsp3) is 0.429. The molecule has 1 amide bonds. The minimum absolute atomic E-state index is 0.0146. The Morgan fingerprint density at radius 2 is 2.20 bits per heavy atom. The van der Waals surface area contributed by atoms with Crippen LogP contribution in [0.4, 0.5) is 0 Å². The van der Waals surface area contributed by atoms with Gasteiger partial charge in [-0.05, 0) is 31.0 Å². The molecule has 1 N–H and O–H groups in total. The molecule has 20 heavy (non-hydrogen) atoms. The highest BCUT2D eigenvalue weighted by Gasteiger charge is 2.30. The van der Waals surface area contributed by atoms with Crippen molar-refractivity contribution >= 4 is 23.5 Å². The number of nitrogens with zero attached hydrogens (tertiary/aromatic N) is 1. The molecule has 5 nitrogen and oxygen atoms in total. The third kappa shape index (κ3) is 3.04. The number of phenolic OH excluding ortho intramolecular Hbond substituents is 1. The van der Waals surface area contributed by atoms with E-state index in [9.17, 15) is 14.7 Å². The van der Waals surface area contributed by atoms with Crippen LogP contribution in [-0.2, 0) is 9.53 Å². The molecule has 0 spiro atoms. The molecule has 2 rings (SSSR count). The maximum absolute atomic E-state index is 12.4. The summed E-state index contributed by atoms with van der Waals surface area (Å²) in [5.41, 5.74) is 0.247. The van der Waals surface area contributed by atoms with Gasteiger partial charge in [0.05, 0.1) is 23.6 Å². The van der Waals surface area contributed by atoms with Crippen molar-refractivity contribution in [3.63, 3.8) is 0 Å². The van der Waals surface area contributed by atoms with E-state index in [4.69, 9.17) is 16.3 Å². The molecule has 0 aromatic heterocycles. The Hall–Kier alpha value is -1.75. The number of halogens is 1. The molecule has 1 aromatic carbocycles. The second-order valence-electron chi connectivity index (χ2n) is 4.78. The van der Waals surface area contributed by atoms with Gasteiger partial charge in [0, 0.05) is 13.1 Å². The Kier molecular flexibility index (Phi) is 4.49. The first-order valence-electron chi connectivity index (χ1n) is 6.38. The van der Waals surface area contributed by atoms with E-state index in [2.05, 4.69) is 0 Å². The molecule has 0 radical (unpaired) electrons. The molecule has 108 valence electrons. The molecule has 1 aromatic rings. The van der Waals surface area contributed by atoms with Crippen LogP contribution in [0.15, 0.2) is 18.2 Å². The van der Waals surface area contributed by atoms with Crippen LogP contribution in [0.2, 0.25) is 5.02 Å². The Balaban J connectivity index is 2.16. The average molecular weight is 298 g/mol. The normalized spacial score (nSPS) is 18.7. The van der Waals surface area contributed by atoms with Crippen LogP contribution in [-0.4, -0.2) is 42.1 Å². The van der Waals surface area contributed by atoms with E-state index in [0.717, 1.165) is 6.42 Å². The summed E-state index contributed by atoms with van der Waals surface area (Å²) in [6.45, 7) is 0.885. The molecule has 1 aliphatic heterocycles. The highest BCUT2D eigenvalue weighted by atomic mass is 35.5. The number of ether oxygens (including phenoxy) is 1. The second-order valence-corrected chi connectivity index (χ2v) is 5.18. The number of esters is 1. The van der Waals surface area contributed by atoms with Crippen molar-refractivity contribution in [1.82, 2.24) is 4.90 Å². The lowest BCUT2D eigenvalue weighted by molar-refractivity contribution is -0.146. The molecule has 1 atom stereocenters. The molecule has 0 bridgehead atoms. The molecule has 1 heterocycles. The molecule has 1 fully saturated rings. The lowest BCUT2D eigenvalue weighted by Crippen LogP contribution is -2.42. The van der Waals surface area contributed by atoms with Gasteiger partial charge in [0.15, 0.2) is 0 Å². The fourth-order valence-electron chi connectivity index (χ4n) is 2.37. The van der Waals surface area contributed by atoms with Crippen LogP contribution < -0.4 is 0 Å². The predicted octanol–water partition coefficient (Wildman–Crippen LogP) is 2.07. The Morgan fingerprint density at radius 1 is 1.45 bits per heavy atom. The molecular weight excluding hydrogens is 282 g/mol. The molecular formula is C14H16ClNO4. The van der Waals surface area contributed by atoms with E-state index in [1.807, 2.05) is 0 Å². The quantitative estimate of drug-likeness (QED) is 0.849. The van der Waals surface area contributed by atoms with Crippen molar-refractivity contribution in [1.29, 1.82) is 0 Å². The van der Waals surface area contributed by atoms with Crippen LogP contribution >= 0.6 is 11.6 Å². The van der Waals surface area contributed by atoms with E-state index in [1.165, 1.54) is 25.3 Å². The summed E-state index contributed by atoms with van der Waals surface area (Å²) in [5.74, 6) is -0.892. The number of carbonyl (C=O) groups excluding carboxylic acids is 2. The van der Waals surface area contributed by atoms with Crippen LogP contribution in [0.25, 0.3) is 0 Å². The number of carbonyl (C=O) groups is 2. The van der Waals surface area contributed by atoms with Crippen molar-refractivity contribution in [3.05, 3.63) is 28.8 Å². The first-order valence-corrected chi connectivity index (χ1v) is 6.76. The summed E-state index contributed by atoms with van der Waals surface area (Å²) in [4.78, 5) is 25.5. The summed E-state index contributed by atoms with van der Waals surface area (Å²) in [5, 5.41) is 9.74. The fourth-order valence-corrected chi connectivity index (χ4v) is 2.57. The number of hydrogen-bond acceptors (Lipinski definition) is 4. The summed E-state index contributed by atoms with van der Waals surface area (Å²) in [6.07, 6.45) is 1.45. The molecule has 0 unspecified atom stereocenters. The Bertz CT molecular complexity index is 532. The van der Waals surface area contributed by atoms with Crippen molar-refractivity contribution in [2.24, 2.45) is 5.92 Å². The SMILES string of the molecule is COC(=O)[C@H]1CCCN(C(=O)c2cc(O)ccc2Cl)C1. The number of rotatable bonds is 2. The summed E-state index contributed by atoms with van der Waals surface area (Å²) in [7, 11) is 1.34. The van der Waals surface area contributed by atoms with Gasteiger partial charge in [-0.3, -0.25) is 9.59 Å². The number of piperidine rings is 1. The number of aromatic hydroxyl groups is 1. The van der Waals surface area contributed by atoms with Gasteiger partial charge in [-0.15, -0.1) is 0 Å². The third-order valence-electron chi connectivity index (χ3n) is 3.42. The monoisotopic (exact) mass is 297 g/mol. The Morgan fingerprint density at radius 3 is 2.90 bits per heavy atom. The van der Waals surface area contributed by atoms with Crippen molar-refractivity contribution in [2.75, 3.05) is 20.2 Å². The van der Waals surface area contributed by atoms with E-state index in [-0.39, 0.29) is 34.1 Å². The standard InChI is InChI=1S/C14H16ClNO4/c1-20-14(19)9-3-2-6-16(8-9)13(18)11-7-10(17)4-5-12(11)15/h4-5,7,9,17H,2-3,6,8H2,1H3/t9-/m0/s1. The number of amides is 1. The number of methoxy groups -OCH3 is 1. The lowest BCUT2D eigenvalue weighted by Gasteiger charge is -2.31. The lowest BCUT2D eigenvalue weighted by atomic mass is 9.97. The van der Waals surface area contributed by atoms with Gasteiger partial charge in [-0.1, -0.05) is 11.6 Å². The van der Waals surface area contributed by atoms with E-state index < -0.39 is 0 Å². The van der Waals surface area contributed by atoms with Crippen LogP contribution in [0.3, 0.4) is 0 Å². The van der Waals surface area contributed by atoms with Gasteiger partial charge in [0.25, 0.3) is 5.91 Å². The Labute approximate surface area is 122 Å². The molecule has 6 heteroatoms. The van der Waals surface area contributed by atoms with Gasteiger partial charge in [-0.2, -0.15) is 0 Å². The molecule has 0 aliphatic carbocycles. The first kappa shape index (κ1) is 14.7. The molecule has 1 aliphatic rings. The van der Waals surface area contributed by atoms with Crippen LogP contribution in [0.5, 0.6) is 5.75 Å². The van der Waals surface area contributed by atoms with Gasteiger partial charge in [-0.25, -0.2) is 0 Å². The summed E-state index contributed by atoms with van der Waals surface area (Å²) < 4.78 is 4.72. The second kappa shape index (κ2) is 6.13. The van der Waals surface area contributed by atoms with Gasteiger partial charge in [0.1, 0.15) is 5.75 Å².